The number of nitrogens with one attached hydrogen (secondary N) is 1. The van der Waals surface area contributed by atoms with E-state index in [4.69, 9.17) is 5.73 Å². The standard InChI is InChI=1S/C16H20BrN3O/c17-12-4-5-15-13(6-12)16(14(18)8-19-15)20-7-10-2-1-3-11(10)9-21/h4-6,8,10-11,21H,1-3,7,9,18H2,(H,19,20). The van der Waals surface area contributed by atoms with Gasteiger partial charge in [-0.1, -0.05) is 22.4 Å². The van der Waals surface area contributed by atoms with Crippen molar-refractivity contribution in [2.45, 2.75) is 19.3 Å². The minimum atomic E-state index is 0.282. The lowest BCUT2D eigenvalue weighted by atomic mass is 9.97. The molecule has 1 aliphatic carbocycles. The molecule has 0 bridgehead atoms. The number of fused-ring (bicyclic) bond motifs is 1. The number of pyridine rings is 1. The molecular formula is C16H20BrN3O. The lowest BCUT2D eigenvalue weighted by molar-refractivity contribution is 0.199. The third kappa shape index (κ3) is 2.99. The van der Waals surface area contributed by atoms with E-state index in [0.717, 1.165) is 34.0 Å². The summed E-state index contributed by atoms with van der Waals surface area (Å²) >= 11 is 3.50. The molecule has 21 heavy (non-hydrogen) atoms. The smallest absolute Gasteiger partial charge is 0.0743 e. The first-order chi connectivity index (χ1) is 10.2. The molecule has 0 spiro atoms. The van der Waals surface area contributed by atoms with Gasteiger partial charge in [-0.25, -0.2) is 0 Å². The van der Waals surface area contributed by atoms with E-state index < -0.39 is 0 Å². The van der Waals surface area contributed by atoms with E-state index in [1.807, 2.05) is 18.2 Å². The summed E-state index contributed by atoms with van der Waals surface area (Å²) in [6, 6.07) is 6.00. The number of hydrogen-bond acceptors (Lipinski definition) is 4. The number of hydrogen-bond donors (Lipinski definition) is 3. The van der Waals surface area contributed by atoms with Crippen molar-refractivity contribution >= 4 is 38.2 Å². The Morgan fingerprint density at radius 3 is 2.95 bits per heavy atom. The first-order valence-corrected chi connectivity index (χ1v) is 8.17. The molecule has 1 heterocycles. The third-order valence-electron chi connectivity index (χ3n) is 4.45. The van der Waals surface area contributed by atoms with Crippen LogP contribution in [0.2, 0.25) is 0 Å². The minimum absolute atomic E-state index is 0.282. The van der Waals surface area contributed by atoms with Gasteiger partial charge in [0.2, 0.25) is 0 Å². The summed E-state index contributed by atoms with van der Waals surface area (Å²) < 4.78 is 1.01. The molecule has 3 rings (SSSR count). The first kappa shape index (κ1) is 14.6. The Balaban J connectivity index is 1.86. The van der Waals surface area contributed by atoms with E-state index >= 15 is 0 Å². The van der Waals surface area contributed by atoms with Crippen molar-refractivity contribution in [3.8, 4) is 0 Å². The van der Waals surface area contributed by atoms with Gasteiger partial charge in [-0.15, -0.1) is 0 Å². The van der Waals surface area contributed by atoms with Gasteiger partial charge in [0.05, 0.1) is 23.1 Å². The van der Waals surface area contributed by atoms with Gasteiger partial charge in [0.1, 0.15) is 0 Å². The van der Waals surface area contributed by atoms with Crippen molar-refractivity contribution < 1.29 is 5.11 Å². The van der Waals surface area contributed by atoms with Gasteiger partial charge >= 0.3 is 0 Å². The highest BCUT2D eigenvalue weighted by Gasteiger charge is 2.26. The predicted molar refractivity (Wildman–Crippen MR) is 90.3 cm³/mol. The normalized spacial score (nSPS) is 21.8. The van der Waals surface area contributed by atoms with E-state index in [0.29, 0.717) is 17.5 Å². The van der Waals surface area contributed by atoms with Crippen LogP contribution in [0.3, 0.4) is 0 Å². The molecular weight excluding hydrogens is 330 g/mol. The van der Waals surface area contributed by atoms with Gasteiger partial charge in [-0.05, 0) is 42.9 Å². The van der Waals surface area contributed by atoms with Gasteiger partial charge in [0.25, 0.3) is 0 Å². The van der Waals surface area contributed by atoms with Gasteiger partial charge in [-0.2, -0.15) is 0 Å². The SMILES string of the molecule is Nc1cnc2ccc(Br)cc2c1NCC1CCCC1CO. The van der Waals surface area contributed by atoms with Gasteiger partial charge in [0, 0.05) is 23.0 Å². The van der Waals surface area contributed by atoms with E-state index in [2.05, 4.69) is 26.2 Å². The maximum absolute atomic E-state index is 9.43. The minimum Gasteiger partial charge on any atom is -0.396 e. The van der Waals surface area contributed by atoms with E-state index in [9.17, 15) is 5.11 Å². The fraction of sp³-hybridized carbons (Fsp3) is 0.438. The van der Waals surface area contributed by atoms with Crippen LogP contribution in [0.1, 0.15) is 19.3 Å². The molecule has 1 aliphatic rings. The number of nitrogens with two attached hydrogens (primary N) is 1. The summed E-state index contributed by atoms with van der Waals surface area (Å²) in [4.78, 5) is 4.37. The summed E-state index contributed by atoms with van der Waals surface area (Å²) in [5, 5.41) is 14.0. The second-order valence-corrected chi connectivity index (χ2v) is 6.68. The van der Waals surface area contributed by atoms with Crippen molar-refractivity contribution in [2.24, 2.45) is 11.8 Å². The van der Waals surface area contributed by atoms with Crippen LogP contribution in [0.4, 0.5) is 11.4 Å². The van der Waals surface area contributed by atoms with Crippen LogP contribution in [0.5, 0.6) is 0 Å². The van der Waals surface area contributed by atoms with Crippen LogP contribution in [0, 0.1) is 11.8 Å². The number of rotatable bonds is 4. The topological polar surface area (TPSA) is 71.2 Å². The number of aliphatic hydroxyl groups excluding tert-OH is 1. The second-order valence-electron chi connectivity index (χ2n) is 5.76. The number of nitrogens with zero attached hydrogens (tertiary/aromatic N) is 1. The van der Waals surface area contributed by atoms with Crippen LogP contribution in [-0.4, -0.2) is 23.2 Å². The number of aromatic nitrogens is 1. The maximum Gasteiger partial charge on any atom is 0.0743 e. The second kappa shape index (κ2) is 6.20. The zero-order valence-electron chi connectivity index (χ0n) is 11.8. The summed E-state index contributed by atoms with van der Waals surface area (Å²) in [6.45, 7) is 1.13. The summed E-state index contributed by atoms with van der Waals surface area (Å²) in [5.74, 6) is 0.934. The van der Waals surface area contributed by atoms with Crippen LogP contribution in [0.25, 0.3) is 10.9 Å². The molecule has 4 nitrogen and oxygen atoms in total. The quantitative estimate of drug-likeness (QED) is 0.790. The molecule has 2 atom stereocenters. The van der Waals surface area contributed by atoms with Crippen LogP contribution < -0.4 is 11.1 Å². The Bertz CT molecular complexity index is 641. The molecule has 112 valence electrons. The molecule has 0 radical (unpaired) electrons. The molecule has 5 heteroatoms. The first-order valence-electron chi connectivity index (χ1n) is 7.37. The fourth-order valence-corrected chi connectivity index (χ4v) is 3.59. The van der Waals surface area contributed by atoms with Crippen molar-refractivity contribution in [1.29, 1.82) is 0 Å². The average Bonchev–Trinajstić information content (AvgIpc) is 2.93. The Morgan fingerprint density at radius 1 is 1.33 bits per heavy atom. The molecule has 1 aromatic heterocycles. The van der Waals surface area contributed by atoms with E-state index in [-0.39, 0.29) is 6.61 Å². The molecule has 0 amide bonds. The summed E-state index contributed by atoms with van der Waals surface area (Å²) in [7, 11) is 0. The maximum atomic E-state index is 9.43. The van der Waals surface area contributed by atoms with Crippen LogP contribution >= 0.6 is 15.9 Å². The zero-order valence-corrected chi connectivity index (χ0v) is 13.4. The highest BCUT2D eigenvalue weighted by Crippen LogP contribution is 2.34. The average molecular weight is 350 g/mol. The zero-order chi connectivity index (χ0) is 14.8. The number of benzene rings is 1. The highest BCUT2D eigenvalue weighted by atomic mass is 79.9. The lowest BCUT2D eigenvalue weighted by Crippen LogP contribution is -2.21. The van der Waals surface area contributed by atoms with Crippen molar-refractivity contribution in [2.75, 3.05) is 24.2 Å². The third-order valence-corrected chi connectivity index (χ3v) is 4.94. The van der Waals surface area contributed by atoms with Crippen molar-refractivity contribution in [3.63, 3.8) is 0 Å². The lowest BCUT2D eigenvalue weighted by Gasteiger charge is -2.20. The van der Waals surface area contributed by atoms with Crippen LogP contribution in [-0.2, 0) is 0 Å². The Kier molecular flexibility index (Phi) is 4.31. The fourth-order valence-electron chi connectivity index (χ4n) is 3.23. The molecule has 0 saturated heterocycles. The predicted octanol–water partition coefficient (Wildman–Crippen LogP) is 3.40. The monoisotopic (exact) mass is 349 g/mol. The van der Waals surface area contributed by atoms with Gasteiger partial charge in [-0.3, -0.25) is 4.98 Å². The number of anilines is 2. The molecule has 1 saturated carbocycles. The molecule has 0 aliphatic heterocycles. The number of nitrogen functional groups attached to an aromatic ring is 1. The highest BCUT2D eigenvalue weighted by molar-refractivity contribution is 9.10. The van der Waals surface area contributed by atoms with Gasteiger partial charge < -0.3 is 16.2 Å². The molecule has 1 aromatic carbocycles. The molecule has 2 aromatic rings. The summed E-state index contributed by atoms with van der Waals surface area (Å²) in [5.41, 5.74) is 8.64. The molecule has 4 N–H and O–H groups in total. The Morgan fingerprint density at radius 2 is 2.14 bits per heavy atom. The largest absolute Gasteiger partial charge is 0.396 e. The number of aliphatic hydroxyl groups is 1. The van der Waals surface area contributed by atoms with E-state index in [1.54, 1.807) is 6.20 Å². The Hall–Kier alpha value is -1.33. The molecule has 1 fully saturated rings. The van der Waals surface area contributed by atoms with Crippen molar-refractivity contribution in [3.05, 3.63) is 28.9 Å². The Labute approximate surface area is 132 Å². The van der Waals surface area contributed by atoms with Crippen LogP contribution in [0.15, 0.2) is 28.9 Å². The van der Waals surface area contributed by atoms with Gasteiger partial charge in [0.15, 0.2) is 0 Å². The molecule has 2 unspecified atom stereocenters. The van der Waals surface area contributed by atoms with E-state index in [1.165, 1.54) is 12.8 Å². The summed E-state index contributed by atoms with van der Waals surface area (Å²) in [6.07, 6.45) is 5.21. The van der Waals surface area contributed by atoms with Crippen molar-refractivity contribution in [1.82, 2.24) is 4.98 Å². The number of halogens is 1.